The van der Waals surface area contributed by atoms with Crippen molar-refractivity contribution in [2.45, 2.75) is 63.3 Å². The minimum Gasteiger partial charge on any atom is -0.325 e. The molecule has 2 fully saturated rings. The van der Waals surface area contributed by atoms with Crippen molar-refractivity contribution in [1.82, 2.24) is 0 Å². The summed E-state index contributed by atoms with van der Waals surface area (Å²) in [6.07, 6.45) is 12.5. The Hall–Kier alpha value is -0.0400. The van der Waals surface area contributed by atoms with Gasteiger partial charge in [0.15, 0.2) is 0 Å². The zero-order valence-corrected chi connectivity index (χ0v) is 8.02. The van der Waals surface area contributed by atoms with Gasteiger partial charge in [0.05, 0.1) is 0 Å². The summed E-state index contributed by atoms with van der Waals surface area (Å²) in [4.78, 5) is 0. The number of hydrogen-bond acceptors (Lipinski definition) is 1. The average Bonchev–Trinajstić information content (AvgIpc) is 2.10. The normalized spacial score (nSPS) is 30.8. The van der Waals surface area contributed by atoms with Crippen LogP contribution in [0.15, 0.2) is 0 Å². The molecule has 12 heavy (non-hydrogen) atoms. The van der Waals surface area contributed by atoms with E-state index in [1.807, 2.05) is 0 Å². The first kappa shape index (κ1) is 8.55. The summed E-state index contributed by atoms with van der Waals surface area (Å²) in [7, 11) is 0. The molecule has 2 aliphatic rings. The standard InChI is InChI=1S/C11H21N/c12-11(10-6-5-7-10)8-3-1-2-4-9-11/h10H,1-9,12H2. The topological polar surface area (TPSA) is 26.0 Å². The highest BCUT2D eigenvalue weighted by Crippen LogP contribution is 2.41. The van der Waals surface area contributed by atoms with Gasteiger partial charge in [0.25, 0.3) is 0 Å². The molecule has 0 aromatic carbocycles. The molecule has 2 saturated carbocycles. The van der Waals surface area contributed by atoms with Gasteiger partial charge >= 0.3 is 0 Å². The van der Waals surface area contributed by atoms with E-state index < -0.39 is 0 Å². The molecule has 0 saturated heterocycles. The Labute approximate surface area is 75.7 Å². The summed E-state index contributed by atoms with van der Waals surface area (Å²) in [5.74, 6) is 0.885. The third-order valence-electron chi connectivity index (χ3n) is 3.95. The molecule has 1 heteroatoms. The van der Waals surface area contributed by atoms with Crippen LogP contribution in [0.5, 0.6) is 0 Å². The summed E-state index contributed by atoms with van der Waals surface area (Å²) in [5, 5.41) is 0. The van der Waals surface area contributed by atoms with Crippen molar-refractivity contribution in [2.75, 3.05) is 0 Å². The van der Waals surface area contributed by atoms with Gasteiger partial charge in [0.2, 0.25) is 0 Å². The van der Waals surface area contributed by atoms with Crippen molar-refractivity contribution in [3.05, 3.63) is 0 Å². The van der Waals surface area contributed by atoms with Gasteiger partial charge in [0.1, 0.15) is 0 Å². The van der Waals surface area contributed by atoms with Crippen molar-refractivity contribution < 1.29 is 0 Å². The van der Waals surface area contributed by atoms with Crippen molar-refractivity contribution >= 4 is 0 Å². The monoisotopic (exact) mass is 167 g/mol. The molecule has 0 atom stereocenters. The van der Waals surface area contributed by atoms with Gasteiger partial charge in [-0.1, -0.05) is 32.1 Å². The van der Waals surface area contributed by atoms with Crippen molar-refractivity contribution in [3.63, 3.8) is 0 Å². The maximum atomic E-state index is 6.46. The maximum Gasteiger partial charge on any atom is 0.0182 e. The van der Waals surface area contributed by atoms with Crippen LogP contribution in [0.2, 0.25) is 0 Å². The molecule has 2 N–H and O–H groups in total. The molecular weight excluding hydrogens is 146 g/mol. The van der Waals surface area contributed by atoms with E-state index in [0.29, 0.717) is 0 Å². The van der Waals surface area contributed by atoms with Crippen molar-refractivity contribution in [1.29, 1.82) is 0 Å². The van der Waals surface area contributed by atoms with Crippen LogP contribution >= 0.6 is 0 Å². The molecule has 70 valence electrons. The number of rotatable bonds is 1. The molecule has 0 radical (unpaired) electrons. The fourth-order valence-corrected chi connectivity index (χ4v) is 2.78. The average molecular weight is 167 g/mol. The Morgan fingerprint density at radius 1 is 0.833 bits per heavy atom. The van der Waals surface area contributed by atoms with Crippen LogP contribution in [-0.4, -0.2) is 5.54 Å². The molecule has 2 aliphatic carbocycles. The summed E-state index contributed by atoms with van der Waals surface area (Å²) in [6, 6.07) is 0. The second-order valence-electron chi connectivity index (χ2n) is 4.78. The Kier molecular flexibility index (Phi) is 2.40. The molecule has 0 aromatic heterocycles. The van der Waals surface area contributed by atoms with Crippen LogP contribution in [0.1, 0.15) is 57.8 Å². The molecular formula is C11H21N. The van der Waals surface area contributed by atoms with Gasteiger partial charge in [0, 0.05) is 5.54 Å². The third-order valence-corrected chi connectivity index (χ3v) is 3.95. The highest BCUT2D eigenvalue weighted by Gasteiger charge is 2.38. The zero-order valence-electron chi connectivity index (χ0n) is 8.02. The number of nitrogens with two attached hydrogens (primary N) is 1. The van der Waals surface area contributed by atoms with Crippen LogP contribution in [0.4, 0.5) is 0 Å². The van der Waals surface area contributed by atoms with Gasteiger partial charge in [-0.3, -0.25) is 0 Å². The fraction of sp³-hybridized carbons (Fsp3) is 1.00. The Bertz CT molecular complexity index is 141. The quantitative estimate of drug-likeness (QED) is 0.597. The molecule has 2 rings (SSSR count). The van der Waals surface area contributed by atoms with E-state index in [4.69, 9.17) is 5.73 Å². The molecule has 0 aliphatic heterocycles. The maximum absolute atomic E-state index is 6.46. The molecule has 0 unspecified atom stereocenters. The minimum absolute atomic E-state index is 0.259. The molecule has 0 aromatic rings. The van der Waals surface area contributed by atoms with E-state index in [2.05, 4.69) is 0 Å². The predicted molar refractivity (Wildman–Crippen MR) is 52.0 cm³/mol. The van der Waals surface area contributed by atoms with Gasteiger partial charge in [-0.2, -0.15) is 0 Å². The molecule has 0 amide bonds. The van der Waals surface area contributed by atoms with Crippen molar-refractivity contribution in [3.8, 4) is 0 Å². The summed E-state index contributed by atoms with van der Waals surface area (Å²) in [5.41, 5.74) is 6.72. The van der Waals surface area contributed by atoms with Gasteiger partial charge in [-0.25, -0.2) is 0 Å². The van der Waals surface area contributed by atoms with Crippen molar-refractivity contribution in [2.24, 2.45) is 11.7 Å². The van der Waals surface area contributed by atoms with E-state index in [0.717, 1.165) is 5.92 Å². The van der Waals surface area contributed by atoms with Crippen LogP contribution in [-0.2, 0) is 0 Å². The summed E-state index contributed by atoms with van der Waals surface area (Å²) >= 11 is 0. The van der Waals surface area contributed by atoms with E-state index in [9.17, 15) is 0 Å². The van der Waals surface area contributed by atoms with Crippen LogP contribution < -0.4 is 5.73 Å². The van der Waals surface area contributed by atoms with Crippen LogP contribution in [0.3, 0.4) is 0 Å². The second-order valence-corrected chi connectivity index (χ2v) is 4.78. The molecule has 0 heterocycles. The number of hydrogen-bond donors (Lipinski definition) is 1. The Balaban J connectivity index is 1.95. The Morgan fingerprint density at radius 3 is 1.83 bits per heavy atom. The zero-order chi connectivity index (χ0) is 8.44. The van der Waals surface area contributed by atoms with Gasteiger partial charge in [-0.05, 0) is 31.6 Å². The molecule has 1 nitrogen and oxygen atoms in total. The predicted octanol–water partition coefficient (Wildman–Crippen LogP) is 2.84. The minimum atomic E-state index is 0.259. The lowest BCUT2D eigenvalue weighted by molar-refractivity contribution is 0.148. The largest absolute Gasteiger partial charge is 0.325 e. The van der Waals surface area contributed by atoms with Gasteiger partial charge < -0.3 is 5.73 Å². The summed E-state index contributed by atoms with van der Waals surface area (Å²) < 4.78 is 0. The lowest BCUT2D eigenvalue weighted by atomic mass is 9.68. The summed E-state index contributed by atoms with van der Waals surface area (Å²) in [6.45, 7) is 0. The molecule has 0 bridgehead atoms. The smallest absolute Gasteiger partial charge is 0.0182 e. The van der Waals surface area contributed by atoms with E-state index in [1.165, 1.54) is 57.8 Å². The lowest BCUT2D eigenvalue weighted by Crippen LogP contribution is -2.49. The highest BCUT2D eigenvalue weighted by atomic mass is 14.8. The first-order valence-electron chi connectivity index (χ1n) is 5.60. The van der Waals surface area contributed by atoms with Crippen LogP contribution in [0, 0.1) is 5.92 Å². The SMILES string of the molecule is NC1(C2CCC2)CCCCCC1. The van der Waals surface area contributed by atoms with Gasteiger partial charge in [-0.15, -0.1) is 0 Å². The Morgan fingerprint density at radius 2 is 1.42 bits per heavy atom. The van der Waals surface area contributed by atoms with Crippen LogP contribution in [0.25, 0.3) is 0 Å². The first-order valence-corrected chi connectivity index (χ1v) is 5.60. The third kappa shape index (κ3) is 1.52. The second kappa shape index (κ2) is 3.37. The lowest BCUT2D eigenvalue weighted by Gasteiger charge is -2.42. The highest BCUT2D eigenvalue weighted by molar-refractivity contribution is 4.95. The van der Waals surface area contributed by atoms with E-state index in [-0.39, 0.29) is 5.54 Å². The van der Waals surface area contributed by atoms with E-state index in [1.54, 1.807) is 0 Å². The molecule has 0 spiro atoms. The first-order chi connectivity index (χ1) is 5.81. The fourth-order valence-electron chi connectivity index (χ4n) is 2.78. The van der Waals surface area contributed by atoms with E-state index >= 15 is 0 Å².